The van der Waals surface area contributed by atoms with E-state index in [0.717, 1.165) is 16.8 Å². The van der Waals surface area contributed by atoms with Crippen molar-refractivity contribution >= 4 is 17.3 Å². The third-order valence-electron chi connectivity index (χ3n) is 2.98. The third kappa shape index (κ3) is 2.65. The monoisotopic (exact) mass is 263 g/mol. The largest absolute Gasteiger partial charge is 0.380 e. The van der Waals surface area contributed by atoms with Gasteiger partial charge in [-0.25, -0.2) is 4.39 Å². The molecule has 18 heavy (non-hydrogen) atoms. The van der Waals surface area contributed by atoms with Crippen molar-refractivity contribution in [2.75, 3.05) is 5.32 Å². The Morgan fingerprint density at radius 1 is 1.06 bits per heavy atom. The van der Waals surface area contributed by atoms with Crippen molar-refractivity contribution in [1.82, 2.24) is 0 Å². The molecule has 0 atom stereocenters. The number of aryl methyl sites for hydroxylation is 2. The van der Waals surface area contributed by atoms with Crippen LogP contribution < -0.4 is 5.32 Å². The molecule has 3 heteroatoms. The number of benzene rings is 2. The number of halogens is 2. The van der Waals surface area contributed by atoms with Gasteiger partial charge in [-0.3, -0.25) is 0 Å². The lowest BCUT2D eigenvalue weighted by atomic mass is 10.1. The molecule has 0 saturated carbocycles. The summed E-state index contributed by atoms with van der Waals surface area (Å²) in [5.74, 6) is -0.277. The van der Waals surface area contributed by atoms with E-state index in [4.69, 9.17) is 11.6 Å². The molecule has 2 aromatic rings. The second-order valence-electron chi connectivity index (χ2n) is 4.32. The van der Waals surface area contributed by atoms with Gasteiger partial charge in [0.1, 0.15) is 5.82 Å². The van der Waals surface area contributed by atoms with Gasteiger partial charge in [0.15, 0.2) is 0 Å². The first kappa shape index (κ1) is 12.9. The molecular formula is C15H15ClFN. The normalized spacial score (nSPS) is 10.4. The molecule has 0 aliphatic carbocycles. The standard InChI is InChI=1S/C15H15ClFN/c1-10-5-3-6-11(2)15(10)18-9-12-13(16)7-4-8-14(12)17/h3-8,18H,9H2,1-2H3. The second kappa shape index (κ2) is 5.40. The number of anilines is 1. The predicted octanol–water partition coefficient (Wildman–Crippen LogP) is 4.71. The molecule has 0 amide bonds. The quantitative estimate of drug-likeness (QED) is 0.846. The van der Waals surface area contributed by atoms with Crippen LogP contribution in [0.25, 0.3) is 0 Å². The highest BCUT2D eigenvalue weighted by Gasteiger charge is 2.08. The Hall–Kier alpha value is -1.54. The van der Waals surface area contributed by atoms with Crippen LogP contribution in [0.1, 0.15) is 16.7 Å². The summed E-state index contributed by atoms with van der Waals surface area (Å²) in [7, 11) is 0. The summed E-state index contributed by atoms with van der Waals surface area (Å²) in [6.07, 6.45) is 0. The van der Waals surface area contributed by atoms with Crippen LogP contribution in [0.2, 0.25) is 5.02 Å². The molecule has 0 saturated heterocycles. The van der Waals surface area contributed by atoms with E-state index >= 15 is 0 Å². The molecule has 0 aromatic heterocycles. The number of hydrogen-bond donors (Lipinski definition) is 1. The lowest BCUT2D eigenvalue weighted by molar-refractivity contribution is 0.613. The van der Waals surface area contributed by atoms with Crippen molar-refractivity contribution in [2.45, 2.75) is 20.4 Å². The molecule has 0 radical (unpaired) electrons. The Balaban J connectivity index is 2.22. The SMILES string of the molecule is Cc1cccc(C)c1NCc1c(F)cccc1Cl. The van der Waals surface area contributed by atoms with E-state index in [1.807, 2.05) is 32.0 Å². The average Bonchev–Trinajstić information content (AvgIpc) is 2.31. The fourth-order valence-electron chi connectivity index (χ4n) is 1.97. The topological polar surface area (TPSA) is 12.0 Å². The van der Waals surface area contributed by atoms with Crippen molar-refractivity contribution in [3.05, 3.63) is 63.9 Å². The predicted molar refractivity (Wildman–Crippen MR) is 74.7 cm³/mol. The molecule has 1 N–H and O–H groups in total. The van der Waals surface area contributed by atoms with Crippen molar-refractivity contribution in [2.24, 2.45) is 0 Å². The number of hydrogen-bond acceptors (Lipinski definition) is 1. The van der Waals surface area contributed by atoms with Crippen LogP contribution in [0.3, 0.4) is 0 Å². The minimum absolute atomic E-state index is 0.277. The van der Waals surface area contributed by atoms with Crippen LogP contribution in [0.15, 0.2) is 36.4 Å². The molecule has 1 nitrogen and oxygen atoms in total. The van der Waals surface area contributed by atoms with E-state index in [9.17, 15) is 4.39 Å². The summed E-state index contributed by atoms with van der Waals surface area (Å²) in [6.45, 7) is 4.44. The smallest absolute Gasteiger partial charge is 0.129 e. The van der Waals surface area contributed by atoms with E-state index in [1.54, 1.807) is 12.1 Å². The van der Waals surface area contributed by atoms with Gasteiger partial charge in [-0.1, -0.05) is 35.9 Å². The Kier molecular flexibility index (Phi) is 3.87. The Morgan fingerprint density at radius 3 is 2.28 bits per heavy atom. The lowest BCUT2D eigenvalue weighted by Crippen LogP contribution is -2.05. The highest BCUT2D eigenvalue weighted by molar-refractivity contribution is 6.31. The number of nitrogens with one attached hydrogen (secondary N) is 1. The van der Waals surface area contributed by atoms with Gasteiger partial charge in [-0.15, -0.1) is 0 Å². The van der Waals surface area contributed by atoms with Crippen LogP contribution in [0, 0.1) is 19.7 Å². The van der Waals surface area contributed by atoms with Gasteiger partial charge in [0.2, 0.25) is 0 Å². The van der Waals surface area contributed by atoms with Crippen LogP contribution in [0.4, 0.5) is 10.1 Å². The van der Waals surface area contributed by atoms with Gasteiger partial charge in [-0.05, 0) is 37.1 Å². The van der Waals surface area contributed by atoms with Crippen molar-refractivity contribution < 1.29 is 4.39 Å². The van der Waals surface area contributed by atoms with Crippen molar-refractivity contribution in [1.29, 1.82) is 0 Å². The van der Waals surface area contributed by atoms with Crippen molar-refractivity contribution in [3.8, 4) is 0 Å². The van der Waals surface area contributed by atoms with Crippen molar-refractivity contribution in [3.63, 3.8) is 0 Å². The number of para-hydroxylation sites is 1. The van der Waals surface area contributed by atoms with E-state index in [2.05, 4.69) is 5.32 Å². The fraction of sp³-hybridized carbons (Fsp3) is 0.200. The Bertz CT molecular complexity index is 474. The van der Waals surface area contributed by atoms with Crippen LogP contribution in [-0.2, 0) is 6.54 Å². The van der Waals surface area contributed by atoms with Gasteiger partial charge in [0.05, 0.1) is 0 Å². The second-order valence-corrected chi connectivity index (χ2v) is 4.73. The maximum absolute atomic E-state index is 13.6. The zero-order chi connectivity index (χ0) is 13.1. The molecule has 0 aliphatic heterocycles. The summed E-state index contributed by atoms with van der Waals surface area (Å²) >= 11 is 6.00. The first-order valence-corrected chi connectivity index (χ1v) is 6.20. The average molecular weight is 264 g/mol. The highest BCUT2D eigenvalue weighted by atomic mass is 35.5. The lowest BCUT2D eigenvalue weighted by Gasteiger charge is -2.13. The summed E-state index contributed by atoms with van der Waals surface area (Å²) in [4.78, 5) is 0. The first-order chi connectivity index (χ1) is 8.59. The minimum atomic E-state index is -0.277. The van der Waals surface area contributed by atoms with E-state index in [1.165, 1.54) is 6.07 Å². The summed E-state index contributed by atoms with van der Waals surface area (Å²) in [5.41, 5.74) is 3.82. The van der Waals surface area contributed by atoms with E-state index in [0.29, 0.717) is 17.1 Å². The Labute approximate surface area is 112 Å². The summed E-state index contributed by atoms with van der Waals surface area (Å²) in [5, 5.41) is 3.71. The van der Waals surface area contributed by atoms with Gasteiger partial charge in [-0.2, -0.15) is 0 Å². The molecule has 0 aliphatic rings. The van der Waals surface area contributed by atoms with Crippen LogP contribution in [0.5, 0.6) is 0 Å². The maximum Gasteiger partial charge on any atom is 0.129 e. The summed E-state index contributed by atoms with van der Waals surface area (Å²) < 4.78 is 13.6. The molecule has 0 spiro atoms. The van der Waals surface area contributed by atoms with Gasteiger partial charge in [0, 0.05) is 22.8 Å². The Morgan fingerprint density at radius 2 is 1.67 bits per heavy atom. The van der Waals surface area contributed by atoms with Gasteiger partial charge >= 0.3 is 0 Å². The molecule has 0 bridgehead atoms. The van der Waals surface area contributed by atoms with Crippen LogP contribution in [-0.4, -0.2) is 0 Å². The summed E-state index contributed by atoms with van der Waals surface area (Å²) in [6, 6.07) is 10.8. The third-order valence-corrected chi connectivity index (χ3v) is 3.34. The first-order valence-electron chi connectivity index (χ1n) is 5.82. The van der Waals surface area contributed by atoms with Gasteiger partial charge < -0.3 is 5.32 Å². The van der Waals surface area contributed by atoms with E-state index < -0.39 is 0 Å². The molecule has 2 rings (SSSR count). The zero-order valence-electron chi connectivity index (χ0n) is 10.4. The number of rotatable bonds is 3. The fourth-order valence-corrected chi connectivity index (χ4v) is 2.20. The molecule has 94 valence electrons. The highest BCUT2D eigenvalue weighted by Crippen LogP contribution is 2.23. The minimum Gasteiger partial charge on any atom is -0.380 e. The molecule has 0 unspecified atom stereocenters. The molecule has 0 heterocycles. The van der Waals surface area contributed by atoms with E-state index in [-0.39, 0.29) is 5.82 Å². The molecule has 2 aromatic carbocycles. The van der Waals surface area contributed by atoms with Crippen LogP contribution >= 0.6 is 11.6 Å². The zero-order valence-corrected chi connectivity index (χ0v) is 11.2. The molecule has 0 fully saturated rings. The van der Waals surface area contributed by atoms with Gasteiger partial charge in [0.25, 0.3) is 0 Å². The maximum atomic E-state index is 13.6. The molecular weight excluding hydrogens is 249 g/mol.